The van der Waals surface area contributed by atoms with Crippen molar-refractivity contribution in [2.75, 3.05) is 51.3 Å². The minimum absolute atomic E-state index is 0.581. The quantitative estimate of drug-likeness (QED) is 0.455. The summed E-state index contributed by atoms with van der Waals surface area (Å²) in [7, 11) is 0. The fourth-order valence-corrected chi connectivity index (χ4v) is 5.44. The van der Waals surface area contributed by atoms with Gasteiger partial charge in [-0.2, -0.15) is 0 Å². The van der Waals surface area contributed by atoms with E-state index in [0.717, 1.165) is 75.4 Å². The molecular formula is C28H40N6O. The topological polar surface area (TPSA) is 67.2 Å². The molecule has 3 heterocycles. The molecule has 5 rings (SSSR count). The van der Waals surface area contributed by atoms with Crippen molar-refractivity contribution < 1.29 is 4.74 Å². The predicted molar refractivity (Wildman–Crippen MR) is 142 cm³/mol. The number of fused-ring (bicyclic) bond motifs is 1. The maximum absolute atomic E-state index is 5.43. The van der Waals surface area contributed by atoms with Crippen molar-refractivity contribution >= 4 is 16.9 Å². The number of nitrogens with one attached hydrogen (secondary N) is 2. The maximum Gasteiger partial charge on any atom is 0.160 e. The van der Waals surface area contributed by atoms with Gasteiger partial charge in [0.25, 0.3) is 0 Å². The molecule has 0 atom stereocenters. The minimum Gasteiger partial charge on any atom is -0.382 e. The molecule has 2 aromatic heterocycles. The van der Waals surface area contributed by atoms with Gasteiger partial charge in [0.05, 0.1) is 19.8 Å². The molecule has 2 aliphatic rings. The highest BCUT2D eigenvalue weighted by atomic mass is 16.5. The van der Waals surface area contributed by atoms with Gasteiger partial charge in [0.15, 0.2) is 5.65 Å². The third-order valence-corrected chi connectivity index (χ3v) is 7.68. The summed E-state index contributed by atoms with van der Waals surface area (Å²) >= 11 is 0. The highest BCUT2D eigenvalue weighted by Crippen LogP contribution is 2.27. The average molecular weight is 477 g/mol. The number of rotatable bonds is 9. The van der Waals surface area contributed by atoms with Crippen LogP contribution in [0.1, 0.15) is 42.6 Å². The number of nitrogens with zero attached hydrogens (tertiary/aromatic N) is 4. The fraction of sp³-hybridized carbons (Fsp3) is 0.571. The molecule has 1 aliphatic carbocycles. The van der Waals surface area contributed by atoms with Gasteiger partial charge in [0, 0.05) is 44.1 Å². The van der Waals surface area contributed by atoms with Crippen LogP contribution < -0.4 is 10.6 Å². The molecule has 1 saturated carbocycles. The molecule has 0 unspecified atom stereocenters. The van der Waals surface area contributed by atoms with Gasteiger partial charge in [-0.05, 0) is 81.3 Å². The first kappa shape index (κ1) is 24.2. The molecule has 1 saturated heterocycles. The summed E-state index contributed by atoms with van der Waals surface area (Å²) in [5, 5.41) is 7.47. The van der Waals surface area contributed by atoms with Crippen molar-refractivity contribution in [3.05, 3.63) is 53.5 Å². The third kappa shape index (κ3) is 6.21. The highest BCUT2D eigenvalue weighted by molar-refractivity contribution is 5.75. The standard InChI is InChI=1S/C28H40N6O/c1-21-11-12-30-28-27(21)31-22(2)34(28)20-24-5-9-26(10-6-24)32-25-7-3-23(4-8-25)19-29-13-14-33-15-17-35-18-16-33/h5-6,9-12,23,25,29,32H,3-4,7-8,13-20H2,1-2H3/t23-,25-. The second kappa shape index (κ2) is 11.5. The highest BCUT2D eigenvalue weighted by Gasteiger charge is 2.21. The Morgan fingerprint density at radius 1 is 1.00 bits per heavy atom. The smallest absolute Gasteiger partial charge is 0.160 e. The van der Waals surface area contributed by atoms with Crippen molar-refractivity contribution in [2.24, 2.45) is 5.92 Å². The Kier molecular flexibility index (Phi) is 7.96. The van der Waals surface area contributed by atoms with Gasteiger partial charge in [-0.15, -0.1) is 0 Å². The van der Waals surface area contributed by atoms with Crippen molar-refractivity contribution in [3.8, 4) is 0 Å². The number of hydrogen-bond acceptors (Lipinski definition) is 6. The number of aromatic nitrogens is 3. The molecule has 0 bridgehead atoms. The summed E-state index contributed by atoms with van der Waals surface area (Å²) in [6.07, 6.45) is 6.99. The number of anilines is 1. The molecule has 0 amide bonds. The van der Waals surface area contributed by atoms with E-state index < -0.39 is 0 Å². The molecule has 1 aliphatic heterocycles. The Morgan fingerprint density at radius 3 is 2.54 bits per heavy atom. The van der Waals surface area contributed by atoms with Crippen molar-refractivity contribution in [1.82, 2.24) is 24.8 Å². The normalized spacial score (nSPS) is 21.4. The first-order chi connectivity index (χ1) is 17.2. The largest absolute Gasteiger partial charge is 0.382 e. The summed E-state index contributed by atoms with van der Waals surface area (Å²) in [4.78, 5) is 11.8. The summed E-state index contributed by atoms with van der Waals surface area (Å²) in [6, 6.07) is 11.5. The molecule has 3 aromatic rings. The van der Waals surface area contributed by atoms with Crippen LogP contribution in [0, 0.1) is 19.8 Å². The van der Waals surface area contributed by atoms with Crippen molar-refractivity contribution in [1.29, 1.82) is 0 Å². The summed E-state index contributed by atoms with van der Waals surface area (Å²) in [6.45, 7) is 12.3. The van der Waals surface area contributed by atoms with E-state index in [1.807, 2.05) is 12.3 Å². The monoisotopic (exact) mass is 476 g/mol. The zero-order valence-corrected chi connectivity index (χ0v) is 21.3. The molecule has 35 heavy (non-hydrogen) atoms. The Morgan fingerprint density at radius 2 is 1.77 bits per heavy atom. The van der Waals surface area contributed by atoms with Crippen LogP contribution in [0.2, 0.25) is 0 Å². The van der Waals surface area contributed by atoms with E-state index in [0.29, 0.717) is 6.04 Å². The van der Waals surface area contributed by atoms with E-state index in [2.05, 4.69) is 63.2 Å². The lowest BCUT2D eigenvalue weighted by Crippen LogP contribution is -2.41. The third-order valence-electron chi connectivity index (χ3n) is 7.68. The number of aryl methyl sites for hydroxylation is 2. The SMILES string of the molecule is Cc1ccnc2c1nc(C)n2Cc1ccc(N[C@H]2CC[C@H](CNCCN3CCOCC3)CC2)cc1. The Bertz CT molecular complexity index is 1080. The van der Waals surface area contributed by atoms with Gasteiger partial charge in [0.2, 0.25) is 0 Å². The predicted octanol–water partition coefficient (Wildman–Crippen LogP) is 3.99. The molecule has 2 N–H and O–H groups in total. The van der Waals surface area contributed by atoms with Gasteiger partial charge in [-0.25, -0.2) is 9.97 Å². The molecule has 1 aromatic carbocycles. The molecule has 7 heteroatoms. The molecular weight excluding hydrogens is 436 g/mol. The summed E-state index contributed by atoms with van der Waals surface area (Å²) in [5.41, 5.74) is 5.65. The van der Waals surface area contributed by atoms with E-state index in [1.165, 1.54) is 42.5 Å². The lowest BCUT2D eigenvalue weighted by Gasteiger charge is -2.30. The zero-order chi connectivity index (χ0) is 24.0. The van der Waals surface area contributed by atoms with E-state index in [1.54, 1.807) is 0 Å². The Labute approximate surface area is 209 Å². The van der Waals surface area contributed by atoms with E-state index in [9.17, 15) is 0 Å². The van der Waals surface area contributed by atoms with E-state index >= 15 is 0 Å². The number of benzene rings is 1. The Balaban J connectivity index is 1.05. The van der Waals surface area contributed by atoms with Crippen molar-refractivity contribution in [2.45, 2.75) is 52.1 Å². The van der Waals surface area contributed by atoms with Crippen molar-refractivity contribution in [3.63, 3.8) is 0 Å². The second-order valence-corrected chi connectivity index (χ2v) is 10.3. The van der Waals surface area contributed by atoms with Crippen LogP contribution in [0.3, 0.4) is 0 Å². The minimum atomic E-state index is 0.581. The van der Waals surface area contributed by atoms with Crippen LogP contribution in [0.15, 0.2) is 36.5 Å². The van der Waals surface area contributed by atoms with E-state index in [4.69, 9.17) is 9.72 Å². The summed E-state index contributed by atoms with van der Waals surface area (Å²) in [5.74, 6) is 1.82. The van der Waals surface area contributed by atoms with Gasteiger partial charge in [-0.3, -0.25) is 4.90 Å². The van der Waals surface area contributed by atoms with Crippen LogP contribution in [0.25, 0.3) is 11.2 Å². The van der Waals surface area contributed by atoms with Crippen LogP contribution >= 0.6 is 0 Å². The molecule has 188 valence electrons. The lowest BCUT2D eigenvalue weighted by atomic mass is 9.86. The number of pyridine rings is 1. The lowest BCUT2D eigenvalue weighted by molar-refractivity contribution is 0.0383. The van der Waals surface area contributed by atoms with Gasteiger partial charge < -0.3 is 19.9 Å². The molecule has 0 radical (unpaired) electrons. The fourth-order valence-electron chi connectivity index (χ4n) is 5.44. The number of morpholine rings is 1. The number of hydrogen-bond donors (Lipinski definition) is 2. The van der Waals surface area contributed by atoms with E-state index in [-0.39, 0.29) is 0 Å². The second-order valence-electron chi connectivity index (χ2n) is 10.3. The number of ether oxygens (including phenoxy) is 1. The Hall–Kier alpha value is -2.48. The van der Waals surface area contributed by atoms with Crippen LogP contribution in [0.4, 0.5) is 5.69 Å². The number of imidazole rings is 1. The molecule has 7 nitrogen and oxygen atoms in total. The van der Waals surface area contributed by atoms with Crippen LogP contribution in [-0.4, -0.2) is 71.4 Å². The molecule has 0 spiro atoms. The van der Waals surface area contributed by atoms with Crippen LogP contribution in [0.5, 0.6) is 0 Å². The first-order valence-corrected chi connectivity index (χ1v) is 13.3. The maximum atomic E-state index is 5.43. The zero-order valence-electron chi connectivity index (χ0n) is 21.3. The van der Waals surface area contributed by atoms with Gasteiger partial charge >= 0.3 is 0 Å². The van der Waals surface area contributed by atoms with Gasteiger partial charge in [0.1, 0.15) is 11.3 Å². The van der Waals surface area contributed by atoms with Gasteiger partial charge in [-0.1, -0.05) is 12.1 Å². The van der Waals surface area contributed by atoms with Crippen LogP contribution in [-0.2, 0) is 11.3 Å². The summed E-state index contributed by atoms with van der Waals surface area (Å²) < 4.78 is 7.64. The average Bonchev–Trinajstić information content (AvgIpc) is 3.21. The first-order valence-electron chi connectivity index (χ1n) is 13.3. The molecule has 2 fully saturated rings.